The number of ether oxygens (including phenoxy) is 2. The summed E-state index contributed by atoms with van der Waals surface area (Å²) in [5.41, 5.74) is 2.91. The molecule has 0 radical (unpaired) electrons. The zero-order valence-corrected chi connectivity index (χ0v) is 16.9. The van der Waals surface area contributed by atoms with Gasteiger partial charge in [0.2, 0.25) is 0 Å². The number of hydrogen-bond donors (Lipinski definition) is 1. The van der Waals surface area contributed by atoms with Gasteiger partial charge in [-0.1, -0.05) is 18.2 Å². The van der Waals surface area contributed by atoms with Crippen molar-refractivity contribution in [3.8, 4) is 5.75 Å². The van der Waals surface area contributed by atoms with E-state index >= 15 is 0 Å². The molecule has 150 valence electrons. The number of nitrogens with one attached hydrogen (secondary N) is 1. The first kappa shape index (κ1) is 19.2. The number of carbonyl (C=O) groups excluding carboxylic acids is 1. The highest BCUT2D eigenvalue weighted by Gasteiger charge is 2.26. The lowest BCUT2D eigenvalue weighted by Gasteiger charge is -2.37. The van der Waals surface area contributed by atoms with Crippen molar-refractivity contribution in [1.29, 1.82) is 0 Å². The first-order valence-electron chi connectivity index (χ1n) is 9.78. The number of amides is 1. The molecule has 1 aliphatic rings. The Labute approximate surface area is 170 Å². The predicted molar refractivity (Wildman–Crippen MR) is 115 cm³/mol. The summed E-state index contributed by atoms with van der Waals surface area (Å²) in [4.78, 5) is 19.9. The van der Waals surface area contributed by atoms with Crippen LogP contribution in [0.3, 0.4) is 0 Å². The van der Waals surface area contributed by atoms with E-state index in [0.29, 0.717) is 24.3 Å². The van der Waals surface area contributed by atoms with E-state index in [-0.39, 0.29) is 18.1 Å². The van der Waals surface area contributed by atoms with Gasteiger partial charge in [-0.15, -0.1) is 0 Å². The molecule has 0 bridgehead atoms. The fraction of sp³-hybridized carbons (Fsp3) is 0.304. The first-order valence-corrected chi connectivity index (χ1v) is 9.78. The highest BCUT2D eigenvalue weighted by molar-refractivity contribution is 6.11. The Morgan fingerprint density at radius 1 is 1.14 bits per heavy atom. The number of methoxy groups -OCH3 is 1. The maximum Gasteiger partial charge on any atom is 0.257 e. The predicted octanol–water partition coefficient (Wildman–Crippen LogP) is 4.11. The molecule has 6 nitrogen and oxygen atoms in total. The molecule has 6 heteroatoms. The van der Waals surface area contributed by atoms with Gasteiger partial charge in [0.25, 0.3) is 5.91 Å². The number of para-hydroxylation sites is 1. The second-order valence-corrected chi connectivity index (χ2v) is 7.38. The maximum atomic E-state index is 13.2. The van der Waals surface area contributed by atoms with Gasteiger partial charge >= 0.3 is 0 Å². The van der Waals surface area contributed by atoms with Crippen molar-refractivity contribution in [3.63, 3.8) is 0 Å². The molecule has 0 saturated carbocycles. The first-order chi connectivity index (χ1) is 14.0. The van der Waals surface area contributed by atoms with E-state index in [9.17, 15) is 4.79 Å². The summed E-state index contributed by atoms with van der Waals surface area (Å²) in [6.45, 7) is 5.52. The van der Waals surface area contributed by atoms with Gasteiger partial charge in [0.15, 0.2) is 0 Å². The van der Waals surface area contributed by atoms with Gasteiger partial charge in [0, 0.05) is 30.7 Å². The molecule has 0 spiro atoms. The number of benzene rings is 2. The van der Waals surface area contributed by atoms with Crippen LogP contribution in [0.5, 0.6) is 5.75 Å². The van der Waals surface area contributed by atoms with E-state index in [1.807, 2.05) is 62.4 Å². The lowest BCUT2D eigenvalue weighted by Crippen LogP contribution is -2.46. The normalized spacial score (nSPS) is 19.2. The standard InChI is InChI=1S/C23H25N3O3/c1-15-13-26(14-16(2)29-15)21-12-18(28-3)9-10-19(21)23(27)25-20-8-4-6-17-7-5-11-24-22(17)20/h4-12,15-16H,13-14H2,1-3H3,(H,25,27). The molecule has 1 N–H and O–H groups in total. The monoisotopic (exact) mass is 391 g/mol. The molecule has 2 heterocycles. The number of nitrogens with zero attached hydrogens (tertiary/aromatic N) is 2. The van der Waals surface area contributed by atoms with E-state index < -0.39 is 0 Å². The van der Waals surface area contributed by atoms with Crippen molar-refractivity contribution in [2.45, 2.75) is 26.1 Å². The Bertz CT molecular complexity index is 1020. The number of fused-ring (bicyclic) bond motifs is 1. The lowest BCUT2D eigenvalue weighted by atomic mass is 10.1. The highest BCUT2D eigenvalue weighted by atomic mass is 16.5. The molecule has 1 fully saturated rings. The molecule has 2 aromatic carbocycles. The van der Waals surface area contributed by atoms with Crippen LogP contribution in [0.2, 0.25) is 0 Å². The molecular formula is C23H25N3O3. The molecule has 2 atom stereocenters. The van der Waals surface area contributed by atoms with Gasteiger partial charge in [-0.25, -0.2) is 0 Å². The molecule has 29 heavy (non-hydrogen) atoms. The van der Waals surface area contributed by atoms with Crippen molar-refractivity contribution < 1.29 is 14.3 Å². The highest BCUT2D eigenvalue weighted by Crippen LogP contribution is 2.30. The van der Waals surface area contributed by atoms with Crippen molar-refractivity contribution in [1.82, 2.24) is 4.98 Å². The molecule has 2 unspecified atom stereocenters. The van der Waals surface area contributed by atoms with E-state index in [2.05, 4.69) is 15.2 Å². The van der Waals surface area contributed by atoms with Crippen LogP contribution in [-0.4, -0.2) is 43.3 Å². The Morgan fingerprint density at radius 2 is 1.90 bits per heavy atom. The number of aromatic nitrogens is 1. The van der Waals surface area contributed by atoms with Crippen LogP contribution in [0.1, 0.15) is 24.2 Å². The number of pyridine rings is 1. The van der Waals surface area contributed by atoms with Crippen molar-refractivity contribution >= 4 is 28.2 Å². The molecular weight excluding hydrogens is 366 g/mol. The number of morpholine rings is 1. The number of hydrogen-bond acceptors (Lipinski definition) is 5. The van der Waals surface area contributed by atoms with Crippen LogP contribution in [0.25, 0.3) is 10.9 Å². The molecule has 1 saturated heterocycles. The number of rotatable bonds is 4. The van der Waals surface area contributed by atoms with E-state index in [4.69, 9.17) is 9.47 Å². The average molecular weight is 391 g/mol. The summed E-state index contributed by atoms with van der Waals surface area (Å²) in [7, 11) is 1.63. The second kappa shape index (κ2) is 8.09. The van der Waals surface area contributed by atoms with Gasteiger partial charge in [0.05, 0.1) is 41.8 Å². The quantitative estimate of drug-likeness (QED) is 0.725. The zero-order valence-electron chi connectivity index (χ0n) is 16.9. The summed E-state index contributed by atoms with van der Waals surface area (Å²) in [5, 5.41) is 4.02. The van der Waals surface area contributed by atoms with Crippen LogP contribution < -0.4 is 15.0 Å². The third-order valence-electron chi connectivity index (χ3n) is 5.09. The SMILES string of the molecule is COc1ccc(C(=O)Nc2cccc3cccnc23)c(N2CC(C)OC(C)C2)c1. The zero-order chi connectivity index (χ0) is 20.4. The Kier molecular flexibility index (Phi) is 5.36. The van der Waals surface area contributed by atoms with Gasteiger partial charge in [0.1, 0.15) is 5.75 Å². The largest absolute Gasteiger partial charge is 0.497 e. The maximum absolute atomic E-state index is 13.2. The number of carbonyl (C=O) groups is 1. The number of anilines is 2. The minimum Gasteiger partial charge on any atom is -0.497 e. The van der Waals surface area contributed by atoms with Crippen molar-refractivity contribution in [3.05, 3.63) is 60.3 Å². The molecule has 1 amide bonds. The second-order valence-electron chi connectivity index (χ2n) is 7.38. The topological polar surface area (TPSA) is 63.7 Å². The third kappa shape index (κ3) is 4.03. The van der Waals surface area contributed by atoms with Gasteiger partial charge < -0.3 is 19.7 Å². The Morgan fingerprint density at radius 3 is 2.66 bits per heavy atom. The minimum atomic E-state index is -0.174. The Hall–Kier alpha value is -3.12. The van der Waals surface area contributed by atoms with Gasteiger partial charge in [-0.2, -0.15) is 0 Å². The van der Waals surface area contributed by atoms with Gasteiger partial charge in [-0.05, 0) is 38.1 Å². The summed E-state index contributed by atoms with van der Waals surface area (Å²) in [6.07, 6.45) is 1.90. The fourth-order valence-electron chi connectivity index (χ4n) is 3.86. The van der Waals surface area contributed by atoms with Crippen LogP contribution in [0.15, 0.2) is 54.7 Å². The van der Waals surface area contributed by atoms with Crippen molar-refractivity contribution in [2.75, 3.05) is 30.4 Å². The average Bonchev–Trinajstić information content (AvgIpc) is 2.73. The van der Waals surface area contributed by atoms with Gasteiger partial charge in [-0.3, -0.25) is 9.78 Å². The molecule has 1 aliphatic heterocycles. The molecule has 1 aromatic heterocycles. The van der Waals surface area contributed by atoms with Crippen LogP contribution >= 0.6 is 0 Å². The summed E-state index contributed by atoms with van der Waals surface area (Å²) in [6, 6.07) is 15.2. The molecule has 3 aromatic rings. The van der Waals surface area contributed by atoms with Crippen LogP contribution in [0, 0.1) is 0 Å². The smallest absolute Gasteiger partial charge is 0.257 e. The third-order valence-corrected chi connectivity index (χ3v) is 5.09. The van der Waals surface area contributed by atoms with Crippen LogP contribution in [0.4, 0.5) is 11.4 Å². The summed E-state index contributed by atoms with van der Waals surface area (Å²) < 4.78 is 11.3. The molecule has 4 rings (SSSR count). The van der Waals surface area contributed by atoms with E-state index in [1.54, 1.807) is 13.3 Å². The van der Waals surface area contributed by atoms with E-state index in [1.165, 1.54) is 0 Å². The molecule has 0 aliphatic carbocycles. The van der Waals surface area contributed by atoms with Crippen molar-refractivity contribution in [2.24, 2.45) is 0 Å². The summed E-state index contributed by atoms with van der Waals surface area (Å²) in [5.74, 6) is 0.544. The Balaban J connectivity index is 1.69. The fourth-order valence-corrected chi connectivity index (χ4v) is 3.86. The van der Waals surface area contributed by atoms with Crippen LogP contribution in [-0.2, 0) is 4.74 Å². The summed E-state index contributed by atoms with van der Waals surface area (Å²) >= 11 is 0. The lowest BCUT2D eigenvalue weighted by molar-refractivity contribution is -0.00527. The minimum absolute atomic E-state index is 0.0862. The van der Waals surface area contributed by atoms with E-state index in [0.717, 1.165) is 22.3 Å².